The number of nitrogens with zero attached hydrogens (tertiary/aromatic N) is 2. The molecule has 136 valence electrons. The van der Waals surface area contributed by atoms with Gasteiger partial charge in [0.25, 0.3) is 5.91 Å². The van der Waals surface area contributed by atoms with Crippen LogP contribution >= 0.6 is 24.0 Å². The molecular formula is C15H17F3N4OS2. The van der Waals surface area contributed by atoms with Gasteiger partial charge in [-0.3, -0.25) is 9.89 Å². The second-order valence-electron chi connectivity index (χ2n) is 5.33. The largest absolute Gasteiger partial charge is 0.416 e. The van der Waals surface area contributed by atoms with Crippen LogP contribution in [0.25, 0.3) is 0 Å². The van der Waals surface area contributed by atoms with Crippen molar-refractivity contribution in [2.24, 2.45) is 7.05 Å². The second-order valence-corrected chi connectivity index (χ2v) is 6.70. The first kappa shape index (κ1) is 19.5. The molecule has 0 aliphatic rings. The van der Waals surface area contributed by atoms with E-state index in [0.29, 0.717) is 17.0 Å². The van der Waals surface area contributed by atoms with Crippen LogP contribution in [0.1, 0.15) is 34.2 Å². The summed E-state index contributed by atoms with van der Waals surface area (Å²) in [6.07, 6.45) is -1.88. The topological polar surface area (TPSA) is 62.7 Å². The number of hydrogen-bond donors (Lipinski definition) is 2. The molecule has 25 heavy (non-hydrogen) atoms. The van der Waals surface area contributed by atoms with E-state index >= 15 is 0 Å². The number of hydrogen-bond acceptors (Lipinski definition) is 4. The smallest absolute Gasteiger partial charge is 0.342 e. The third kappa shape index (κ3) is 4.85. The van der Waals surface area contributed by atoms with E-state index in [1.807, 2.05) is 6.26 Å². The normalized spacial score (nSPS) is 12.8. The van der Waals surface area contributed by atoms with Crippen LogP contribution in [0.2, 0.25) is 0 Å². The number of rotatable bonds is 6. The molecule has 5 nitrogen and oxygen atoms in total. The summed E-state index contributed by atoms with van der Waals surface area (Å²) in [5.74, 6) is 0.880. The molecule has 1 amide bonds. The average molecular weight is 390 g/mol. The van der Waals surface area contributed by atoms with Gasteiger partial charge in [0, 0.05) is 12.6 Å². The molecule has 10 heteroatoms. The Hall–Kier alpha value is -1.81. The molecule has 2 aromatic rings. The highest BCUT2D eigenvalue weighted by Crippen LogP contribution is 2.29. The lowest BCUT2D eigenvalue weighted by molar-refractivity contribution is -0.137. The zero-order valence-electron chi connectivity index (χ0n) is 13.6. The maximum atomic E-state index is 12.6. The van der Waals surface area contributed by atoms with Crippen LogP contribution in [0.3, 0.4) is 0 Å². The number of benzene rings is 1. The van der Waals surface area contributed by atoms with Crippen molar-refractivity contribution in [1.29, 1.82) is 0 Å². The van der Waals surface area contributed by atoms with Crippen molar-refractivity contribution in [2.45, 2.75) is 18.6 Å². The van der Waals surface area contributed by atoms with E-state index in [1.165, 1.54) is 0 Å². The van der Waals surface area contributed by atoms with E-state index in [2.05, 4.69) is 15.5 Å². The third-order valence-electron chi connectivity index (χ3n) is 3.62. The van der Waals surface area contributed by atoms with Crippen molar-refractivity contribution in [2.75, 3.05) is 12.0 Å². The van der Waals surface area contributed by atoms with Crippen molar-refractivity contribution in [1.82, 2.24) is 20.1 Å². The molecule has 0 saturated carbocycles. The number of thioether (sulfide) groups is 1. The standard InChI is InChI=1S/C15H17F3N4OS2/c1-22-12(20-21-14(22)24)11(7-8-25-2)19-13(23)9-3-5-10(6-4-9)15(16,17)18/h3-6,11H,7-8H2,1-2H3,(H,19,23)(H,21,24). The number of carbonyl (C=O) groups is 1. The van der Waals surface area contributed by atoms with Crippen molar-refractivity contribution < 1.29 is 18.0 Å². The predicted octanol–water partition coefficient (Wildman–Crippen LogP) is 3.72. The van der Waals surface area contributed by atoms with Gasteiger partial charge in [0.05, 0.1) is 11.6 Å². The lowest BCUT2D eigenvalue weighted by Crippen LogP contribution is -2.31. The molecule has 0 aliphatic carbocycles. The van der Waals surface area contributed by atoms with Gasteiger partial charge in [-0.25, -0.2) is 0 Å². The summed E-state index contributed by atoms with van der Waals surface area (Å²) < 4.78 is 39.9. The monoisotopic (exact) mass is 390 g/mol. The zero-order valence-corrected chi connectivity index (χ0v) is 15.2. The molecule has 0 aliphatic heterocycles. The Morgan fingerprint density at radius 3 is 2.52 bits per heavy atom. The van der Waals surface area contributed by atoms with Crippen molar-refractivity contribution in [3.8, 4) is 0 Å². The van der Waals surface area contributed by atoms with Crippen LogP contribution < -0.4 is 5.32 Å². The van der Waals surface area contributed by atoms with Gasteiger partial charge in [-0.1, -0.05) is 0 Å². The van der Waals surface area contributed by atoms with Gasteiger partial charge in [-0.2, -0.15) is 30.0 Å². The summed E-state index contributed by atoms with van der Waals surface area (Å²) >= 11 is 6.70. The maximum Gasteiger partial charge on any atom is 0.416 e. The molecule has 1 aromatic carbocycles. The Balaban J connectivity index is 2.19. The molecule has 2 rings (SSSR count). The van der Waals surface area contributed by atoms with E-state index < -0.39 is 23.7 Å². The minimum atomic E-state index is -4.43. The SMILES string of the molecule is CSCCC(NC(=O)c1ccc(C(F)(F)F)cc1)c1n[nH]c(=S)n1C. The van der Waals surface area contributed by atoms with Crippen LogP contribution in [0, 0.1) is 4.77 Å². The van der Waals surface area contributed by atoms with Gasteiger partial charge < -0.3 is 9.88 Å². The number of aromatic amines is 1. The fourth-order valence-corrected chi connectivity index (χ4v) is 2.84. The molecule has 1 unspecified atom stereocenters. The van der Waals surface area contributed by atoms with E-state index in [-0.39, 0.29) is 5.56 Å². The van der Waals surface area contributed by atoms with Crippen molar-refractivity contribution in [3.63, 3.8) is 0 Å². The summed E-state index contributed by atoms with van der Waals surface area (Å²) in [4.78, 5) is 12.4. The molecule has 1 heterocycles. The number of halogens is 3. The second kappa shape index (κ2) is 8.05. The first-order valence-electron chi connectivity index (χ1n) is 7.32. The number of aromatic nitrogens is 3. The summed E-state index contributed by atoms with van der Waals surface area (Å²) in [5.41, 5.74) is -0.642. The summed E-state index contributed by atoms with van der Waals surface area (Å²) in [6, 6.07) is 3.70. The number of amides is 1. The fraction of sp³-hybridized carbons (Fsp3) is 0.400. The fourth-order valence-electron chi connectivity index (χ4n) is 2.22. The van der Waals surface area contributed by atoms with Crippen LogP contribution in [0.5, 0.6) is 0 Å². The molecule has 0 saturated heterocycles. The summed E-state index contributed by atoms with van der Waals surface area (Å²) in [6.45, 7) is 0. The first-order chi connectivity index (χ1) is 11.7. The van der Waals surface area contributed by atoms with Gasteiger partial charge in [0.15, 0.2) is 10.6 Å². The highest BCUT2D eigenvalue weighted by molar-refractivity contribution is 7.98. The quantitative estimate of drug-likeness (QED) is 0.738. The van der Waals surface area contributed by atoms with Crippen LogP contribution in [0.4, 0.5) is 13.2 Å². The number of alkyl halides is 3. The Morgan fingerprint density at radius 1 is 1.40 bits per heavy atom. The highest BCUT2D eigenvalue weighted by atomic mass is 32.2. The van der Waals surface area contributed by atoms with E-state index in [9.17, 15) is 18.0 Å². The molecule has 2 N–H and O–H groups in total. The van der Waals surface area contributed by atoms with Crippen molar-refractivity contribution in [3.05, 3.63) is 46.0 Å². The Kier molecular flexibility index (Phi) is 6.28. The Labute approximate surface area is 152 Å². The summed E-state index contributed by atoms with van der Waals surface area (Å²) in [7, 11) is 1.73. The van der Waals surface area contributed by atoms with Crippen LogP contribution in [-0.2, 0) is 13.2 Å². The summed E-state index contributed by atoms with van der Waals surface area (Å²) in [5, 5.41) is 9.61. The van der Waals surface area contributed by atoms with E-state index in [4.69, 9.17) is 12.2 Å². The van der Waals surface area contributed by atoms with Gasteiger partial charge in [0.2, 0.25) is 0 Å². The maximum absolute atomic E-state index is 12.6. The minimum absolute atomic E-state index is 0.152. The lowest BCUT2D eigenvalue weighted by atomic mass is 10.1. The van der Waals surface area contributed by atoms with Gasteiger partial charge in [-0.15, -0.1) is 0 Å². The zero-order chi connectivity index (χ0) is 18.6. The number of carbonyl (C=O) groups excluding carboxylic acids is 1. The minimum Gasteiger partial charge on any atom is -0.342 e. The number of nitrogens with one attached hydrogen (secondary N) is 2. The third-order valence-corrected chi connectivity index (χ3v) is 4.63. The lowest BCUT2D eigenvalue weighted by Gasteiger charge is -2.18. The number of H-pyrrole nitrogens is 1. The molecule has 0 bridgehead atoms. The first-order valence-corrected chi connectivity index (χ1v) is 9.12. The van der Waals surface area contributed by atoms with E-state index in [0.717, 1.165) is 30.0 Å². The molecular weight excluding hydrogens is 373 g/mol. The van der Waals surface area contributed by atoms with Crippen LogP contribution in [0.15, 0.2) is 24.3 Å². The highest BCUT2D eigenvalue weighted by Gasteiger charge is 2.30. The molecule has 0 radical (unpaired) electrons. The van der Waals surface area contributed by atoms with Gasteiger partial charge >= 0.3 is 6.18 Å². The molecule has 1 atom stereocenters. The molecule has 1 aromatic heterocycles. The molecule has 0 spiro atoms. The Bertz CT molecular complexity index is 783. The predicted molar refractivity (Wildman–Crippen MR) is 93.0 cm³/mol. The van der Waals surface area contributed by atoms with Gasteiger partial charge in [0.1, 0.15) is 0 Å². The van der Waals surface area contributed by atoms with E-state index in [1.54, 1.807) is 23.4 Å². The van der Waals surface area contributed by atoms with Crippen molar-refractivity contribution >= 4 is 29.9 Å². The average Bonchev–Trinajstić information content (AvgIpc) is 2.90. The van der Waals surface area contributed by atoms with Gasteiger partial charge in [-0.05, 0) is 54.9 Å². The Morgan fingerprint density at radius 2 is 2.04 bits per heavy atom. The molecule has 0 fully saturated rings. The van der Waals surface area contributed by atoms with Crippen LogP contribution in [-0.4, -0.2) is 32.7 Å².